The Bertz CT molecular complexity index is 583. The standard InChI is InChI=1S/C13H18N2O4S/c1-10-5-7-13(8-6-10)20(18,19)14-11-3-2-4-12(9-11)15(16)17/h5-8,11-12,14H,2-4,9H2,1H3. The first kappa shape index (κ1) is 14.9. The maximum absolute atomic E-state index is 12.2. The summed E-state index contributed by atoms with van der Waals surface area (Å²) >= 11 is 0. The fourth-order valence-electron chi connectivity index (χ4n) is 2.47. The zero-order chi connectivity index (χ0) is 14.8. The van der Waals surface area contributed by atoms with Crippen LogP contribution in [0.3, 0.4) is 0 Å². The lowest BCUT2D eigenvalue weighted by Gasteiger charge is -2.24. The highest BCUT2D eigenvalue weighted by atomic mass is 32.2. The molecule has 110 valence electrons. The van der Waals surface area contributed by atoms with E-state index in [0.29, 0.717) is 19.3 Å². The Morgan fingerprint density at radius 2 is 1.90 bits per heavy atom. The highest BCUT2D eigenvalue weighted by molar-refractivity contribution is 7.89. The van der Waals surface area contributed by atoms with Gasteiger partial charge in [0.1, 0.15) is 0 Å². The van der Waals surface area contributed by atoms with Crippen molar-refractivity contribution in [3.05, 3.63) is 39.9 Å². The van der Waals surface area contributed by atoms with Gasteiger partial charge in [0.25, 0.3) is 0 Å². The number of benzene rings is 1. The molecule has 0 saturated heterocycles. The van der Waals surface area contributed by atoms with Crippen LogP contribution in [0.2, 0.25) is 0 Å². The molecular formula is C13H18N2O4S. The quantitative estimate of drug-likeness (QED) is 0.678. The monoisotopic (exact) mass is 298 g/mol. The second-order valence-corrected chi connectivity index (χ2v) is 6.95. The van der Waals surface area contributed by atoms with E-state index >= 15 is 0 Å². The number of nitrogens with zero attached hydrogens (tertiary/aromatic N) is 1. The third-order valence-electron chi connectivity index (χ3n) is 3.60. The maximum Gasteiger partial charge on any atom is 0.240 e. The van der Waals surface area contributed by atoms with Gasteiger partial charge in [0.05, 0.1) is 4.90 Å². The molecule has 1 aliphatic carbocycles. The number of hydrogen-bond donors (Lipinski definition) is 1. The summed E-state index contributed by atoms with van der Waals surface area (Å²) in [5.74, 6) is 0. The van der Waals surface area contributed by atoms with Crippen molar-refractivity contribution in [2.24, 2.45) is 0 Å². The predicted molar refractivity (Wildman–Crippen MR) is 74.5 cm³/mol. The molecule has 1 fully saturated rings. The Morgan fingerprint density at radius 3 is 2.50 bits per heavy atom. The van der Waals surface area contributed by atoms with Crippen molar-refractivity contribution in [2.75, 3.05) is 0 Å². The van der Waals surface area contributed by atoms with E-state index < -0.39 is 16.1 Å². The van der Waals surface area contributed by atoms with Crippen molar-refractivity contribution in [1.29, 1.82) is 0 Å². The molecule has 0 radical (unpaired) electrons. The number of hydrogen-bond acceptors (Lipinski definition) is 4. The fraction of sp³-hybridized carbons (Fsp3) is 0.538. The van der Waals surface area contributed by atoms with Crippen molar-refractivity contribution in [2.45, 2.75) is 49.6 Å². The molecule has 0 heterocycles. The summed E-state index contributed by atoms with van der Waals surface area (Å²) < 4.78 is 27.0. The van der Waals surface area contributed by atoms with Gasteiger partial charge in [-0.25, -0.2) is 13.1 Å². The summed E-state index contributed by atoms with van der Waals surface area (Å²) in [6, 6.07) is 5.56. The molecule has 0 spiro atoms. The van der Waals surface area contributed by atoms with Gasteiger partial charge in [0.2, 0.25) is 16.1 Å². The molecule has 1 N–H and O–H groups in total. The van der Waals surface area contributed by atoms with Gasteiger partial charge in [-0.1, -0.05) is 17.7 Å². The average molecular weight is 298 g/mol. The number of nitrogens with one attached hydrogen (secondary N) is 1. The Labute approximate surface area is 118 Å². The Hall–Kier alpha value is -1.47. The van der Waals surface area contributed by atoms with Crippen molar-refractivity contribution in [3.8, 4) is 0 Å². The molecule has 2 atom stereocenters. The number of nitro groups is 1. The molecule has 6 nitrogen and oxygen atoms in total. The van der Waals surface area contributed by atoms with E-state index in [0.717, 1.165) is 5.56 Å². The molecule has 1 saturated carbocycles. The van der Waals surface area contributed by atoms with Crippen LogP contribution in [0, 0.1) is 17.0 Å². The van der Waals surface area contributed by atoms with Gasteiger partial charge in [0.15, 0.2) is 0 Å². The van der Waals surface area contributed by atoms with Gasteiger partial charge in [-0.05, 0) is 31.9 Å². The van der Waals surface area contributed by atoms with Gasteiger partial charge >= 0.3 is 0 Å². The number of aryl methyl sites for hydroxylation is 1. The number of rotatable bonds is 4. The van der Waals surface area contributed by atoms with Gasteiger partial charge in [-0.15, -0.1) is 0 Å². The molecule has 1 aromatic carbocycles. The van der Waals surface area contributed by atoms with Crippen LogP contribution in [0.1, 0.15) is 31.2 Å². The number of sulfonamides is 1. The van der Waals surface area contributed by atoms with E-state index in [-0.39, 0.29) is 22.3 Å². The lowest BCUT2D eigenvalue weighted by Crippen LogP contribution is -2.41. The summed E-state index contributed by atoms with van der Waals surface area (Å²) in [4.78, 5) is 10.7. The first-order valence-corrected chi connectivity index (χ1v) is 8.09. The maximum atomic E-state index is 12.2. The van der Waals surface area contributed by atoms with Crippen LogP contribution >= 0.6 is 0 Å². The van der Waals surface area contributed by atoms with Gasteiger partial charge in [-0.3, -0.25) is 10.1 Å². The molecule has 0 aromatic heterocycles. The molecule has 0 bridgehead atoms. The first-order chi connectivity index (χ1) is 9.38. The van der Waals surface area contributed by atoms with Crippen LogP contribution in [0.25, 0.3) is 0 Å². The van der Waals surface area contributed by atoms with Gasteiger partial charge < -0.3 is 0 Å². The summed E-state index contributed by atoms with van der Waals surface area (Å²) in [6.45, 7) is 1.88. The molecule has 0 amide bonds. The first-order valence-electron chi connectivity index (χ1n) is 6.61. The van der Waals surface area contributed by atoms with E-state index in [1.165, 1.54) is 0 Å². The SMILES string of the molecule is Cc1ccc(S(=O)(=O)NC2CCCC([N+](=O)[O-])C2)cc1. The average Bonchev–Trinajstić information content (AvgIpc) is 2.39. The molecular weight excluding hydrogens is 280 g/mol. The topological polar surface area (TPSA) is 89.3 Å². The zero-order valence-electron chi connectivity index (χ0n) is 11.3. The Morgan fingerprint density at radius 1 is 1.25 bits per heavy atom. The van der Waals surface area contributed by atoms with Crippen molar-refractivity contribution < 1.29 is 13.3 Å². The van der Waals surface area contributed by atoms with Crippen molar-refractivity contribution in [3.63, 3.8) is 0 Å². The van der Waals surface area contributed by atoms with Crippen LogP contribution in [-0.4, -0.2) is 25.4 Å². The van der Waals surface area contributed by atoms with E-state index in [1.807, 2.05) is 6.92 Å². The molecule has 20 heavy (non-hydrogen) atoms. The molecule has 2 unspecified atom stereocenters. The molecule has 7 heteroatoms. The lowest BCUT2D eigenvalue weighted by molar-refractivity contribution is -0.526. The lowest BCUT2D eigenvalue weighted by atomic mass is 9.92. The zero-order valence-corrected chi connectivity index (χ0v) is 12.1. The Kier molecular flexibility index (Phi) is 4.39. The molecule has 0 aliphatic heterocycles. The summed E-state index contributed by atoms with van der Waals surface area (Å²) in [5, 5.41) is 10.8. The third kappa shape index (κ3) is 3.55. The van der Waals surface area contributed by atoms with Crippen LogP contribution in [-0.2, 0) is 10.0 Å². The van der Waals surface area contributed by atoms with E-state index in [1.54, 1.807) is 24.3 Å². The van der Waals surface area contributed by atoms with Crippen molar-refractivity contribution in [1.82, 2.24) is 4.72 Å². The highest BCUT2D eigenvalue weighted by Gasteiger charge is 2.32. The van der Waals surface area contributed by atoms with Gasteiger partial charge in [0, 0.05) is 23.8 Å². The van der Waals surface area contributed by atoms with Crippen LogP contribution in [0.5, 0.6) is 0 Å². The minimum absolute atomic E-state index is 0.200. The third-order valence-corrected chi connectivity index (χ3v) is 5.13. The van der Waals surface area contributed by atoms with Crippen LogP contribution in [0.15, 0.2) is 29.2 Å². The molecule has 2 rings (SSSR count). The normalized spacial score (nSPS) is 23.4. The Balaban J connectivity index is 2.08. The molecule has 1 aliphatic rings. The van der Waals surface area contributed by atoms with Crippen molar-refractivity contribution >= 4 is 10.0 Å². The second-order valence-electron chi connectivity index (χ2n) is 5.24. The van der Waals surface area contributed by atoms with Gasteiger partial charge in [-0.2, -0.15) is 0 Å². The summed E-state index contributed by atoms with van der Waals surface area (Å²) in [6.07, 6.45) is 2.11. The summed E-state index contributed by atoms with van der Waals surface area (Å²) in [5.41, 5.74) is 0.982. The van der Waals surface area contributed by atoms with E-state index in [2.05, 4.69) is 4.72 Å². The molecule has 1 aromatic rings. The van der Waals surface area contributed by atoms with E-state index in [9.17, 15) is 18.5 Å². The predicted octanol–water partition coefficient (Wildman–Crippen LogP) is 1.86. The van der Waals surface area contributed by atoms with Crippen LogP contribution < -0.4 is 4.72 Å². The summed E-state index contributed by atoms with van der Waals surface area (Å²) in [7, 11) is -3.60. The van der Waals surface area contributed by atoms with E-state index in [4.69, 9.17) is 0 Å². The second kappa shape index (κ2) is 5.88. The minimum atomic E-state index is -3.60. The minimum Gasteiger partial charge on any atom is -0.264 e. The fourth-order valence-corrected chi connectivity index (χ4v) is 3.75. The highest BCUT2D eigenvalue weighted by Crippen LogP contribution is 2.22. The largest absolute Gasteiger partial charge is 0.264 e. The smallest absolute Gasteiger partial charge is 0.240 e. The van der Waals surface area contributed by atoms with Crippen LogP contribution in [0.4, 0.5) is 0 Å².